The second-order valence-electron chi connectivity index (χ2n) is 5.54. The van der Waals surface area contributed by atoms with Crippen LogP contribution >= 0.6 is 0 Å². The summed E-state index contributed by atoms with van der Waals surface area (Å²) in [5, 5.41) is 3.54. The van der Waals surface area contributed by atoms with Crippen molar-refractivity contribution in [2.24, 2.45) is 0 Å². The third kappa shape index (κ3) is 3.63. The van der Waals surface area contributed by atoms with Crippen molar-refractivity contribution in [3.63, 3.8) is 0 Å². The number of hydrogen-bond acceptors (Lipinski definition) is 2. The fraction of sp³-hybridized carbons (Fsp3) is 0.150. The van der Waals surface area contributed by atoms with Crippen LogP contribution in [0.2, 0.25) is 0 Å². The van der Waals surface area contributed by atoms with E-state index in [-0.39, 0.29) is 17.9 Å². The molecule has 0 radical (unpaired) electrons. The van der Waals surface area contributed by atoms with E-state index in [1.54, 1.807) is 12.3 Å². The molecule has 0 aliphatic carbocycles. The molecule has 3 aromatic rings. The zero-order chi connectivity index (χ0) is 16.1. The normalized spacial score (nSPS) is 12.3. The van der Waals surface area contributed by atoms with Crippen LogP contribution in [0, 0.1) is 5.82 Å². The van der Waals surface area contributed by atoms with E-state index in [0.29, 0.717) is 5.56 Å². The Morgan fingerprint density at radius 2 is 1.43 bits per heavy atom. The number of benzene rings is 2. The molecule has 0 spiro atoms. The molecule has 0 amide bonds. The van der Waals surface area contributed by atoms with Crippen molar-refractivity contribution in [3.8, 4) is 0 Å². The van der Waals surface area contributed by atoms with E-state index in [0.717, 1.165) is 11.1 Å². The third-order valence-electron chi connectivity index (χ3n) is 3.95. The number of nitrogens with one attached hydrogen (secondary N) is 1. The van der Waals surface area contributed by atoms with Crippen molar-refractivity contribution in [2.75, 3.05) is 0 Å². The van der Waals surface area contributed by atoms with Gasteiger partial charge in [-0.05, 0) is 24.1 Å². The lowest BCUT2D eigenvalue weighted by molar-refractivity contribution is 0.489. The maximum atomic E-state index is 14.0. The van der Waals surface area contributed by atoms with E-state index >= 15 is 0 Å². The molecule has 1 N–H and O–H groups in total. The number of nitrogens with zero attached hydrogens (tertiary/aromatic N) is 1. The lowest BCUT2D eigenvalue weighted by Gasteiger charge is -2.25. The van der Waals surface area contributed by atoms with Gasteiger partial charge in [-0.1, -0.05) is 60.7 Å². The van der Waals surface area contributed by atoms with Crippen molar-refractivity contribution < 1.29 is 4.39 Å². The number of aromatic nitrogens is 1. The van der Waals surface area contributed by atoms with E-state index in [1.807, 2.05) is 43.3 Å². The second kappa shape index (κ2) is 7.16. The lowest BCUT2D eigenvalue weighted by Crippen LogP contribution is -2.26. The van der Waals surface area contributed by atoms with Gasteiger partial charge in [-0.3, -0.25) is 10.3 Å². The smallest absolute Gasteiger partial charge is 0.146 e. The van der Waals surface area contributed by atoms with Gasteiger partial charge in [-0.15, -0.1) is 0 Å². The summed E-state index contributed by atoms with van der Waals surface area (Å²) in [6, 6.07) is 22.0. The standard InChI is InChI=1S/C20H19FN2/c1-15(18-12-13-22-14-19(18)21)23-20(16-8-4-2-5-9-16)17-10-6-3-7-11-17/h2-15,20,23H,1H3. The predicted molar refractivity (Wildman–Crippen MR) is 90.5 cm³/mol. The average molecular weight is 306 g/mol. The molecule has 0 bridgehead atoms. The van der Waals surface area contributed by atoms with Crippen LogP contribution in [0.1, 0.15) is 35.7 Å². The molecule has 3 heteroatoms. The molecule has 0 saturated carbocycles. The Morgan fingerprint density at radius 1 is 0.870 bits per heavy atom. The Morgan fingerprint density at radius 3 is 1.96 bits per heavy atom. The minimum atomic E-state index is -0.285. The predicted octanol–water partition coefficient (Wildman–Crippen LogP) is 4.66. The van der Waals surface area contributed by atoms with Gasteiger partial charge in [-0.2, -0.15) is 0 Å². The van der Waals surface area contributed by atoms with E-state index in [2.05, 4.69) is 34.6 Å². The summed E-state index contributed by atoms with van der Waals surface area (Å²) in [4.78, 5) is 3.82. The van der Waals surface area contributed by atoms with Crippen LogP contribution in [0.4, 0.5) is 4.39 Å². The summed E-state index contributed by atoms with van der Waals surface area (Å²) in [6.07, 6.45) is 2.88. The largest absolute Gasteiger partial charge is 0.299 e. The van der Waals surface area contributed by atoms with Gasteiger partial charge >= 0.3 is 0 Å². The zero-order valence-electron chi connectivity index (χ0n) is 13.0. The number of rotatable bonds is 5. The van der Waals surface area contributed by atoms with Gasteiger partial charge in [0.05, 0.1) is 12.2 Å². The Labute approximate surface area is 136 Å². The van der Waals surface area contributed by atoms with E-state index in [1.165, 1.54) is 6.20 Å². The van der Waals surface area contributed by atoms with E-state index in [9.17, 15) is 4.39 Å². The molecule has 2 nitrogen and oxygen atoms in total. The molecule has 1 aromatic heterocycles. The van der Waals surface area contributed by atoms with Crippen LogP contribution in [-0.4, -0.2) is 4.98 Å². The first-order valence-electron chi connectivity index (χ1n) is 7.71. The zero-order valence-corrected chi connectivity index (χ0v) is 13.0. The molecular formula is C20H19FN2. The first-order valence-corrected chi connectivity index (χ1v) is 7.71. The van der Waals surface area contributed by atoms with Crippen LogP contribution in [0.15, 0.2) is 79.1 Å². The van der Waals surface area contributed by atoms with Gasteiger partial charge < -0.3 is 0 Å². The van der Waals surface area contributed by atoms with Crippen LogP contribution in [0.5, 0.6) is 0 Å². The Balaban J connectivity index is 1.92. The first-order chi connectivity index (χ1) is 11.3. The summed E-state index contributed by atoms with van der Waals surface area (Å²) in [7, 11) is 0. The van der Waals surface area contributed by atoms with Crippen LogP contribution < -0.4 is 5.32 Å². The molecular weight excluding hydrogens is 287 g/mol. The summed E-state index contributed by atoms with van der Waals surface area (Å²) in [5.41, 5.74) is 2.93. The number of halogens is 1. The molecule has 0 saturated heterocycles. The van der Waals surface area contributed by atoms with Gasteiger partial charge in [0.1, 0.15) is 5.82 Å². The first kappa shape index (κ1) is 15.4. The fourth-order valence-electron chi connectivity index (χ4n) is 2.75. The molecule has 0 aliphatic rings. The van der Waals surface area contributed by atoms with Crippen molar-refractivity contribution in [2.45, 2.75) is 19.0 Å². The highest BCUT2D eigenvalue weighted by molar-refractivity contribution is 5.32. The molecule has 0 aliphatic heterocycles. The Hall–Kier alpha value is -2.52. The highest BCUT2D eigenvalue weighted by Gasteiger charge is 2.18. The van der Waals surface area contributed by atoms with E-state index < -0.39 is 0 Å². The van der Waals surface area contributed by atoms with Gasteiger partial charge in [0.25, 0.3) is 0 Å². The monoisotopic (exact) mass is 306 g/mol. The highest BCUT2D eigenvalue weighted by Crippen LogP contribution is 2.26. The summed E-state index contributed by atoms with van der Waals surface area (Å²) in [6.45, 7) is 1.97. The molecule has 0 fully saturated rings. The van der Waals surface area contributed by atoms with Crippen molar-refractivity contribution in [1.29, 1.82) is 0 Å². The maximum Gasteiger partial charge on any atom is 0.146 e. The summed E-state index contributed by atoms with van der Waals surface area (Å²) >= 11 is 0. The number of pyridine rings is 1. The minimum absolute atomic E-state index is 0.0000321. The Bertz CT molecular complexity index is 704. The maximum absolute atomic E-state index is 14.0. The lowest BCUT2D eigenvalue weighted by atomic mass is 9.97. The SMILES string of the molecule is CC(NC(c1ccccc1)c1ccccc1)c1ccncc1F. The van der Waals surface area contributed by atoms with Crippen molar-refractivity contribution >= 4 is 0 Å². The van der Waals surface area contributed by atoms with Crippen molar-refractivity contribution in [1.82, 2.24) is 10.3 Å². The second-order valence-corrected chi connectivity index (χ2v) is 5.54. The molecule has 116 valence electrons. The molecule has 1 atom stereocenters. The van der Waals surface area contributed by atoms with Gasteiger partial charge in [-0.25, -0.2) is 4.39 Å². The molecule has 2 aromatic carbocycles. The summed E-state index contributed by atoms with van der Waals surface area (Å²) < 4.78 is 14.0. The van der Waals surface area contributed by atoms with Crippen LogP contribution in [-0.2, 0) is 0 Å². The topological polar surface area (TPSA) is 24.9 Å². The third-order valence-corrected chi connectivity index (χ3v) is 3.95. The van der Waals surface area contributed by atoms with E-state index in [4.69, 9.17) is 0 Å². The summed E-state index contributed by atoms with van der Waals surface area (Å²) in [5.74, 6) is -0.285. The molecule has 23 heavy (non-hydrogen) atoms. The highest BCUT2D eigenvalue weighted by atomic mass is 19.1. The average Bonchev–Trinajstić information content (AvgIpc) is 2.61. The molecule has 3 rings (SSSR count). The molecule has 1 unspecified atom stereocenters. The van der Waals surface area contributed by atoms with Crippen LogP contribution in [0.25, 0.3) is 0 Å². The van der Waals surface area contributed by atoms with Gasteiger partial charge in [0.2, 0.25) is 0 Å². The molecule has 1 heterocycles. The fourth-order valence-corrected chi connectivity index (χ4v) is 2.75. The van der Waals surface area contributed by atoms with Gasteiger partial charge in [0, 0.05) is 17.8 Å². The van der Waals surface area contributed by atoms with Crippen molar-refractivity contribution in [3.05, 3.63) is 102 Å². The number of hydrogen-bond donors (Lipinski definition) is 1. The quantitative estimate of drug-likeness (QED) is 0.741. The van der Waals surface area contributed by atoms with Crippen LogP contribution in [0.3, 0.4) is 0 Å². The van der Waals surface area contributed by atoms with Gasteiger partial charge in [0.15, 0.2) is 0 Å². The minimum Gasteiger partial charge on any atom is -0.299 e. The Kier molecular flexibility index (Phi) is 4.79.